The van der Waals surface area contributed by atoms with Crippen LogP contribution in [-0.2, 0) is 23.8 Å². The monoisotopic (exact) mass is 218 g/mol. The van der Waals surface area contributed by atoms with Crippen LogP contribution in [0.4, 0.5) is 0 Å². The summed E-state index contributed by atoms with van der Waals surface area (Å²) in [6.07, 6.45) is -1.73. The molecular formula is C9H14O6. The van der Waals surface area contributed by atoms with E-state index in [1.54, 1.807) is 13.8 Å². The molecule has 2 atom stereocenters. The molecule has 0 amide bonds. The van der Waals surface area contributed by atoms with Crippen molar-refractivity contribution in [1.29, 1.82) is 0 Å². The molecule has 0 bridgehead atoms. The van der Waals surface area contributed by atoms with Gasteiger partial charge in [-0.2, -0.15) is 0 Å². The molecule has 6 heteroatoms. The second-order valence-corrected chi connectivity index (χ2v) is 3.51. The van der Waals surface area contributed by atoms with Crippen LogP contribution in [0.3, 0.4) is 0 Å². The molecule has 0 aromatic heterocycles. The fraction of sp³-hybridized carbons (Fsp3) is 0.778. The molecule has 1 N–H and O–H groups in total. The standard InChI is InChI=1S/C9H14O6/c1-5(2)9(12)14-4-7-13-3-6(15-7)8(10)11/h5-7H,3-4H2,1-2H3,(H,10,11)/t6-,7+/m1/s1. The fourth-order valence-corrected chi connectivity index (χ4v) is 0.990. The van der Waals surface area contributed by atoms with Gasteiger partial charge in [-0.3, -0.25) is 4.79 Å². The first-order valence-electron chi connectivity index (χ1n) is 4.67. The van der Waals surface area contributed by atoms with Crippen molar-refractivity contribution in [3.8, 4) is 0 Å². The molecule has 1 aliphatic rings. The highest BCUT2D eigenvalue weighted by atomic mass is 16.7. The second-order valence-electron chi connectivity index (χ2n) is 3.51. The van der Waals surface area contributed by atoms with E-state index in [-0.39, 0.29) is 25.1 Å². The fourth-order valence-electron chi connectivity index (χ4n) is 0.990. The Labute approximate surface area is 87.1 Å². The van der Waals surface area contributed by atoms with Gasteiger partial charge < -0.3 is 19.3 Å². The van der Waals surface area contributed by atoms with Gasteiger partial charge in [0.15, 0.2) is 12.4 Å². The molecule has 0 aliphatic carbocycles. The highest BCUT2D eigenvalue weighted by Crippen LogP contribution is 2.12. The minimum atomic E-state index is -1.08. The topological polar surface area (TPSA) is 82.1 Å². The molecule has 1 fully saturated rings. The number of hydrogen-bond donors (Lipinski definition) is 1. The van der Waals surface area contributed by atoms with Gasteiger partial charge in [0.1, 0.15) is 6.61 Å². The number of rotatable bonds is 4. The molecule has 0 spiro atoms. The quantitative estimate of drug-likeness (QED) is 0.669. The van der Waals surface area contributed by atoms with Crippen molar-refractivity contribution >= 4 is 11.9 Å². The summed E-state index contributed by atoms with van der Waals surface area (Å²) < 4.78 is 14.8. The van der Waals surface area contributed by atoms with Gasteiger partial charge in [0.25, 0.3) is 0 Å². The van der Waals surface area contributed by atoms with Gasteiger partial charge in [0.2, 0.25) is 0 Å². The van der Waals surface area contributed by atoms with Gasteiger partial charge in [-0.15, -0.1) is 0 Å². The van der Waals surface area contributed by atoms with E-state index in [2.05, 4.69) is 0 Å². The predicted octanol–water partition coefficient (Wildman–Crippen LogP) is 0.0117. The van der Waals surface area contributed by atoms with Crippen molar-refractivity contribution < 1.29 is 28.9 Å². The summed E-state index contributed by atoms with van der Waals surface area (Å²) in [5.74, 6) is -1.66. The van der Waals surface area contributed by atoms with Crippen LogP contribution in [-0.4, -0.2) is 42.7 Å². The number of hydrogen-bond acceptors (Lipinski definition) is 5. The summed E-state index contributed by atoms with van der Waals surface area (Å²) in [4.78, 5) is 21.5. The van der Waals surface area contributed by atoms with E-state index in [0.717, 1.165) is 0 Å². The molecular weight excluding hydrogens is 204 g/mol. The van der Waals surface area contributed by atoms with E-state index in [4.69, 9.17) is 19.3 Å². The van der Waals surface area contributed by atoms with Crippen LogP contribution in [0.1, 0.15) is 13.8 Å². The van der Waals surface area contributed by atoms with E-state index >= 15 is 0 Å². The molecule has 0 unspecified atom stereocenters. The van der Waals surface area contributed by atoms with E-state index in [9.17, 15) is 9.59 Å². The molecule has 0 aromatic rings. The first-order chi connectivity index (χ1) is 7.00. The lowest BCUT2D eigenvalue weighted by Crippen LogP contribution is -2.25. The lowest BCUT2D eigenvalue weighted by molar-refractivity contribution is -0.164. The van der Waals surface area contributed by atoms with Crippen molar-refractivity contribution in [3.63, 3.8) is 0 Å². The third-order valence-corrected chi connectivity index (χ3v) is 1.86. The molecule has 86 valence electrons. The molecule has 1 rings (SSSR count). The zero-order valence-electron chi connectivity index (χ0n) is 8.63. The van der Waals surface area contributed by atoms with Crippen LogP contribution in [0, 0.1) is 5.92 Å². The summed E-state index contributed by atoms with van der Waals surface area (Å²) >= 11 is 0. The van der Waals surface area contributed by atoms with Crippen LogP contribution in [0.5, 0.6) is 0 Å². The van der Waals surface area contributed by atoms with Crippen LogP contribution >= 0.6 is 0 Å². The van der Waals surface area contributed by atoms with Crippen molar-refractivity contribution in [3.05, 3.63) is 0 Å². The maximum absolute atomic E-state index is 11.1. The van der Waals surface area contributed by atoms with E-state index < -0.39 is 18.4 Å². The molecule has 0 aromatic carbocycles. The summed E-state index contributed by atoms with van der Waals surface area (Å²) in [5.41, 5.74) is 0. The summed E-state index contributed by atoms with van der Waals surface area (Å²) in [7, 11) is 0. The highest BCUT2D eigenvalue weighted by molar-refractivity contribution is 5.72. The van der Waals surface area contributed by atoms with Crippen molar-refractivity contribution in [2.45, 2.75) is 26.2 Å². The molecule has 15 heavy (non-hydrogen) atoms. The first-order valence-corrected chi connectivity index (χ1v) is 4.67. The number of esters is 1. The van der Waals surface area contributed by atoms with Gasteiger partial charge in [-0.25, -0.2) is 4.79 Å². The van der Waals surface area contributed by atoms with Gasteiger partial charge in [0, 0.05) is 0 Å². The number of carbonyl (C=O) groups excluding carboxylic acids is 1. The Morgan fingerprint density at radius 3 is 2.67 bits per heavy atom. The zero-order valence-corrected chi connectivity index (χ0v) is 8.63. The largest absolute Gasteiger partial charge is 0.479 e. The Morgan fingerprint density at radius 1 is 1.53 bits per heavy atom. The molecule has 0 saturated carbocycles. The smallest absolute Gasteiger partial charge is 0.335 e. The van der Waals surface area contributed by atoms with E-state index in [1.165, 1.54) is 0 Å². The van der Waals surface area contributed by atoms with Crippen LogP contribution in [0.25, 0.3) is 0 Å². The third-order valence-electron chi connectivity index (χ3n) is 1.86. The van der Waals surface area contributed by atoms with Gasteiger partial charge >= 0.3 is 11.9 Å². The maximum atomic E-state index is 11.1. The van der Waals surface area contributed by atoms with Crippen LogP contribution < -0.4 is 0 Å². The Balaban J connectivity index is 2.25. The zero-order chi connectivity index (χ0) is 11.4. The second kappa shape index (κ2) is 5.09. The Bertz CT molecular complexity index is 249. The number of carbonyl (C=O) groups is 2. The minimum absolute atomic E-state index is 0.0147. The SMILES string of the molecule is CC(C)C(=O)OC[C@H]1OC[C@H](C(=O)O)O1. The molecule has 6 nitrogen and oxygen atoms in total. The van der Waals surface area contributed by atoms with Gasteiger partial charge in [-0.1, -0.05) is 13.8 Å². The Hall–Kier alpha value is -1.14. The number of carboxylic acids is 1. The minimum Gasteiger partial charge on any atom is -0.479 e. The number of ether oxygens (including phenoxy) is 3. The average Bonchev–Trinajstić information content (AvgIpc) is 2.62. The highest BCUT2D eigenvalue weighted by Gasteiger charge is 2.32. The van der Waals surface area contributed by atoms with E-state index in [0.29, 0.717) is 0 Å². The van der Waals surface area contributed by atoms with Crippen molar-refractivity contribution in [2.75, 3.05) is 13.2 Å². The first kappa shape index (κ1) is 11.9. The number of aliphatic carboxylic acids is 1. The van der Waals surface area contributed by atoms with Crippen molar-refractivity contribution in [2.24, 2.45) is 5.92 Å². The molecule has 1 saturated heterocycles. The molecule has 1 aliphatic heterocycles. The molecule has 1 heterocycles. The maximum Gasteiger partial charge on any atom is 0.335 e. The normalized spacial score (nSPS) is 25.5. The molecule has 0 radical (unpaired) electrons. The van der Waals surface area contributed by atoms with Crippen LogP contribution in [0.2, 0.25) is 0 Å². The van der Waals surface area contributed by atoms with Gasteiger partial charge in [-0.05, 0) is 0 Å². The summed E-state index contributed by atoms with van der Waals surface area (Å²) in [6, 6.07) is 0. The Kier molecular flexibility index (Phi) is 4.05. The third kappa shape index (κ3) is 3.49. The van der Waals surface area contributed by atoms with Crippen LogP contribution in [0.15, 0.2) is 0 Å². The van der Waals surface area contributed by atoms with Crippen molar-refractivity contribution in [1.82, 2.24) is 0 Å². The summed E-state index contributed by atoms with van der Waals surface area (Å²) in [6.45, 7) is 3.33. The van der Waals surface area contributed by atoms with Gasteiger partial charge in [0.05, 0.1) is 12.5 Å². The average molecular weight is 218 g/mol. The Morgan fingerprint density at radius 2 is 2.20 bits per heavy atom. The lowest BCUT2D eigenvalue weighted by Gasteiger charge is -2.11. The number of carboxylic acid groups (broad SMARTS) is 1. The van der Waals surface area contributed by atoms with E-state index in [1.807, 2.05) is 0 Å². The lowest BCUT2D eigenvalue weighted by atomic mass is 10.2. The summed E-state index contributed by atoms with van der Waals surface area (Å²) in [5, 5.41) is 8.58. The predicted molar refractivity (Wildman–Crippen MR) is 48.0 cm³/mol.